The Morgan fingerprint density at radius 2 is 2.12 bits per heavy atom. The standard InChI is InChI=1S/C13H19NO3/c1-9-13(11(14)7-12(15)17-9)16-8-10-5-3-2-4-6-10/h2-6,9,11-13,15H,7-8,14H2,1H3/t9-,11-,12?,13+/m0/s1. The molecule has 1 aromatic rings. The van der Waals surface area contributed by atoms with Crippen LogP contribution in [0.3, 0.4) is 0 Å². The lowest BCUT2D eigenvalue weighted by Crippen LogP contribution is -2.52. The first-order valence-corrected chi connectivity index (χ1v) is 5.91. The lowest BCUT2D eigenvalue weighted by Gasteiger charge is -2.36. The Morgan fingerprint density at radius 1 is 1.41 bits per heavy atom. The molecular weight excluding hydrogens is 218 g/mol. The first-order chi connectivity index (χ1) is 8.16. The van der Waals surface area contributed by atoms with E-state index in [1.54, 1.807) is 0 Å². The number of aliphatic hydroxyl groups excluding tert-OH is 1. The third kappa shape index (κ3) is 3.26. The van der Waals surface area contributed by atoms with Crippen LogP contribution >= 0.6 is 0 Å². The summed E-state index contributed by atoms with van der Waals surface area (Å²) >= 11 is 0. The van der Waals surface area contributed by atoms with Gasteiger partial charge in [0.15, 0.2) is 6.29 Å². The lowest BCUT2D eigenvalue weighted by atomic mass is 10.0. The normalized spacial score (nSPS) is 33.6. The van der Waals surface area contributed by atoms with Crippen LogP contribution in [0.15, 0.2) is 30.3 Å². The van der Waals surface area contributed by atoms with Gasteiger partial charge in [0.05, 0.1) is 18.8 Å². The Hall–Kier alpha value is -0.940. The highest BCUT2D eigenvalue weighted by Crippen LogP contribution is 2.21. The highest BCUT2D eigenvalue weighted by atomic mass is 16.6. The van der Waals surface area contributed by atoms with Crippen molar-refractivity contribution < 1.29 is 14.6 Å². The van der Waals surface area contributed by atoms with Crippen LogP contribution in [0.5, 0.6) is 0 Å². The van der Waals surface area contributed by atoms with Crippen molar-refractivity contribution in [1.82, 2.24) is 0 Å². The van der Waals surface area contributed by atoms with Crippen molar-refractivity contribution in [3.05, 3.63) is 35.9 Å². The Labute approximate surface area is 101 Å². The number of rotatable bonds is 3. The van der Waals surface area contributed by atoms with Crippen molar-refractivity contribution in [1.29, 1.82) is 0 Å². The van der Waals surface area contributed by atoms with Gasteiger partial charge in [-0.3, -0.25) is 0 Å². The number of hydrogen-bond acceptors (Lipinski definition) is 4. The minimum Gasteiger partial charge on any atom is -0.369 e. The van der Waals surface area contributed by atoms with E-state index in [9.17, 15) is 5.11 Å². The molecule has 1 unspecified atom stereocenters. The molecule has 4 atom stereocenters. The molecule has 4 nitrogen and oxygen atoms in total. The fourth-order valence-corrected chi connectivity index (χ4v) is 2.12. The fraction of sp³-hybridized carbons (Fsp3) is 0.538. The number of benzene rings is 1. The van der Waals surface area contributed by atoms with Gasteiger partial charge >= 0.3 is 0 Å². The number of aliphatic hydroxyl groups is 1. The zero-order chi connectivity index (χ0) is 12.3. The van der Waals surface area contributed by atoms with Gasteiger partial charge in [-0.25, -0.2) is 0 Å². The molecule has 17 heavy (non-hydrogen) atoms. The molecule has 0 bridgehead atoms. The molecule has 4 heteroatoms. The van der Waals surface area contributed by atoms with Crippen molar-refractivity contribution >= 4 is 0 Å². The highest BCUT2D eigenvalue weighted by Gasteiger charge is 2.34. The summed E-state index contributed by atoms with van der Waals surface area (Å²) in [4.78, 5) is 0. The zero-order valence-corrected chi connectivity index (χ0v) is 9.95. The molecule has 1 heterocycles. The number of nitrogens with two attached hydrogens (primary N) is 1. The monoisotopic (exact) mass is 237 g/mol. The maximum Gasteiger partial charge on any atom is 0.156 e. The average molecular weight is 237 g/mol. The summed E-state index contributed by atoms with van der Waals surface area (Å²) < 4.78 is 11.1. The van der Waals surface area contributed by atoms with Crippen LogP contribution in [-0.2, 0) is 16.1 Å². The molecule has 1 aromatic carbocycles. The quantitative estimate of drug-likeness (QED) is 0.824. The van der Waals surface area contributed by atoms with Crippen LogP contribution in [0.25, 0.3) is 0 Å². The average Bonchev–Trinajstić information content (AvgIpc) is 2.29. The van der Waals surface area contributed by atoms with E-state index >= 15 is 0 Å². The van der Waals surface area contributed by atoms with E-state index in [1.807, 2.05) is 37.3 Å². The molecule has 94 valence electrons. The van der Waals surface area contributed by atoms with Gasteiger partial charge < -0.3 is 20.3 Å². The predicted octanol–water partition coefficient (Wildman–Crippen LogP) is 1.03. The van der Waals surface area contributed by atoms with Crippen LogP contribution < -0.4 is 5.73 Å². The second kappa shape index (κ2) is 5.60. The minimum absolute atomic E-state index is 0.168. The summed E-state index contributed by atoms with van der Waals surface area (Å²) in [6, 6.07) is 9.76. The SMILES string of the molecule is C[C@@H]1OC(O)C[C@H](N)[C@@H]1OCc1ccccc1. The second-order valence-corrected chi connectivity index (χ2v) is 4.46. The Morgan fingerprint density at radius 3 is 2.76 bits per heavy atom. The van der Waals surface area contributed by atoms with E-state index < -0.39 is 6.29 Å². The molecule has 0 aromatic heterocycles. The molecular formula is C13H19NO3. The van der Waals surface area contributed by atoms with Crippen molar-refractivity contribution in [3.63, 3.8) is 0 Å². The molecule has 3 N–H and O–H groups in total. The summed E-state index contributed by atoms with van der Waals surface area (Å²) in [5.41, 5.74) is 7.07. The predicted molar refractivity (Wildman–Crippen MR) is 64.2 cm³/mol. The van der Waals surface area contributed by atoms with E-state index in [-0.39, 0.29) is 18.2 Å². The molecule has 2 rings (SSSR count). The van der Waals surface area contributed by atoms with Crippen molar-refractivity contribution in [2.24, 2.45) is 5.73 Å². The molecule has 0 aliphatic carbocycles. The van der Waals surface area contributed by atoms with E-state index in [4.69, 9.17) is 15.2 Å². The van der Waals surface area contributed by atoms with E-state index in [0.717, 1.165) is 5.56 Å². The lowest BCUT2D eigenvalue weighted by molar-refractivity contribution is -0.211. The number of hydrogen-bond donors (Lipinski definition) is 2. The second-order valence-electron chi connectivity index (χ2n) is 4.46. The highest BCUT2D eigenvalue weighted by molar-refractivity contribution is 5.13. The van der Waals surface area contributed by atoms with Gasteiger partial charge in [-0.1, -0.05) is 30.3 Å². The summed E-state index contributed by atoms with van der Waals surface area (Å²) in [6.07, 6.45) is -0.697. The minimum atomic E-state index is -0.767. The van der Waals surface area contributed by atoms with Crippen LogP contribution in [0.2, 0.25) is 0 Å². The Bertz CT molecular complexity index is 332. The zero-order valence-electron chi connectivity index (χ0n) is 9.95. The third-order valence-electron chi connectivity index (χ3n) is 3.02. The molecule has 0 spiro atoms. The van der Waals surface area contributed by atoms with Gasteiger partial charge in [-0.2, -0.15) is 0 Å². The van der Waals surface area contributed by atoms with Gasteiger partial charge in [0.2, 0.25) is 0 Å². The van der Waals surface area contributed by atoms with Crippen LogP contribution in [-0.4, -0.2) is 29.6 Å². The number of ether oxygens (including phenoxy) is 2. The summed E-state index contributed by atoms with van der Waals surface area (Å²) in [5, 5.41) is 9.40. The van der Waals surface area contributed by atoms with Crippen LogP contribution in [0, 0.1) is 0 Å². The van der Waals surface area contributed by atoms with Crippen molar-refractivity contribution in [2.75, 3.05) is 0 Å². The van der Waals surface area contributed by atoms with Gasteiger partial charge in [0, 0.05) is 12.5 Å². The first kappa shape index (κ1) is 12.5. The maximum atomic E-state index is 9.40. The summed E-state index contributed by atoms with van der Waals surface area (Å²) in [5.74, 6) is 0. The van der Waals surface area contributed by atoms with Crippen LogP contribution in [0.4, 0.5) is 0 Å². The van der Waals surface area contributed by atoms with Crippen LogP contribution in [0.1, 0.15) is 18.9 Å². The maximum absolute atomic E-state index is 9.40. The fourth-order valence-electron chi connectivity index (χ4n) is 2.12. The van der Waals surface area contributed by atoms with E-state index in [2.05, 4.69) is 0 Å². The Kier molecular flexibility index (Phi) is 4.12. The smallest absolute Gasteiger partial charge is 0.156 e. The molecule has 0 amide bonds. The molecule has 1 aliphatic rings. The van der Waals surface area contributed by atoms with Gasteiger partial charge in [-0.15, -0.1) is 0 Å². The third-order valence-corrected chi connectivity index (χ3v) is 3.02. The summed E-state index contributed by atoms with van der Waals surface area (Å²) in [7, 11) is 0. The molecule has 1 saturated heterocycles. The van der Waals surface area contributed by atoms with Gasteiger partial charge in [-0.05, 0) is 12.5 Å². The molecule has 0 radical (unpaired) electrons. The van der Waals surface area contributed by atoms with Crippen molar-refractivity contribution in [2.45, 2.75) is 44.5 Å². The topological polar surface area (TPSA) is 64.7 Å². The first-order valence-electron chi connectivity index (χ1n) is 5.91. The Balaban J connectivity index is 1.90. The largest absolute Gasteiger partial charge is 0.369 e. The van der Waals surface area contributed by atoms with Gasteiger partial charge in [0.25, 0.3) is 0 Å². The van der Waals surface area contributed by atoms with Crippen molar-refractivity contribution in [3.8, 4) is 0 Å². The van der Waals surface area contributed by atoms with Gasteiger partial charge in [0.1, 0.15) is 0 Å². The molecule has 1 aliphatic heterocycles. The molecule has 0 saturated carbocycles. The summed E-state index contributed by atoms with van der Waals surface area (Å²) in [6.45, 7) is 2.39. The van der Waals surface area contributed by atoms with E-state index in [0.29, 0.717) is 13.0 Å². The van der Waals surface area contributed by atoms with E-state index in [1.165, 1.54) is 0 Å². The molecule has 1 fully saturated rings.